The number of ether oxygens (including phenoxy) is 1. The van der Waals surface area contributed by atoms with Gasteiger partial charge >= 0.3 is 0 Å². The van der Waals surface area contributed by atoms with Gasteiger partial charge in [-0.15, -0.1) is 0 Å². The molecule has 0 unspecified atom stereocenters. The van der Waals surface area contributed by atoms with Gasteiger partial charge in [-0.25, -0.2) is 8.78 Å². The third-order valence-electron chi connectivity index (χ3n) is 4.31. The van der Waals surface area contributed by atoms with Crippen molar-refractivity contribution in [2.75, 3.05) is 6.61 Å². The maximum atomic E-state index is 14.7. The lowest BCUT2D eigenvalue weighted by atomic mass is 10.0. The van der Waals surface area contributed by atoms with Crippen LogP contribution >= 0.6 is 0 Å². The quantitative estimate of drug-likeness (QED) is 0.436. The highest BCUT2D eigenvalue weighted by molar-refractivity contribution is 5.90. The van der Waals surface area contributed by atoms with E-state index in [0.29, 0.717) is 6.61 Å². The van der Waals surface area contributed by atoms with E-state index in [1.54, 1.807) is 30.3 Å². The molecule has 3 aromatic carbocycles. The molecule has 3 aromatic rings. The zero-order valence-corrected chi connectivity index (χ0v) is 15.1. The van der Waals surface area contributed by atoms with E-state index in [0.717, 1.165) is 34.9 Å². The van der Waals surface area contributed by atoms with Crippen LogP contribution in [0.25, 0.3) is 22.4 Å². The monoisotopic (exact) mass is 352 g/mol. The Bertz CT molecular complexity index is 927. The Labute approximate surface area is 152 Å². The van der Waals surface area contributed by atoms with Crippen LogP contribution in [0.4, 0.5) is 8.78 Å². The molecule has 1 nitrogen and oxygen atoms in total. The Morgan fingerprint density at radius 1 is 0.769 bits per heavy atom. The summed E-state index contributed by atoms with van der Waals surface area (Å²) in [5, 5.41) is 1.77. The molecule has 0 N–H and O–H groups in total. The van der Waals surface area contributed by atoms with Crippen molar-refractivity contribution < 1.29 is 13.5 Å². The van der Waals surface area contributed by atoms with Crippen molar-refractivity contribution in [3.05, 3.63) is 77.4 Å². The minimum Gasteiger partial charge on any atom is -0.494 e. The second-order valence-corrected chi connectivity index (χ2v) is 6.23. The van der Waals surface area contributed by atoms with Crippen molar-refractivity contribution in [1.82, 2.24) is 0 Å². The largest absolute Gasteiger partial charge is 0.494 e. The maximum Gasteiger partial charge on any atom is 0.166 e. The number of fused-ring (bicyclic) bond motifs is 1. The van der Waals surface area contributed by atoms with E-state index >= 15 is 0 Å². The van der Waals surface area contributed by atoms with Gasteiger partial charge in [0, 0.05) is 11.1 Å². The van der Waals surface area contributed by atoms with Crippen LogP contribution < -0.4 is 4.74 Å². The highest BCUT2D eigenvalue weighted by Gasteiger charge is 2.12. The molecule has 134 valence electrons. The van der Waals surface area contributed by atoms with Gasteiger partial charge in [-0.3, -0.25) is 0 Å². The summed E-state index contributed by atoms with van der Waals surface area (Å²) in [6, 6.07) is 17.6. The van der Waals surface area contributed by atoms with Crippen molar-refractivity contribution in [2.24, 2.45) is 0 Å². The summed E-state index contributed by atoms with van der Waals surface area (Å²) < 4.78 is 34.7. The van der Waals surface area contributed by atoms with Crippen LogP contribution in [0, 0.1) is 0 Å². The number of benzene rings is 3. The summed E-state index contributed by atoms with van der Waals surface area (Å²) in [6.07, 6.45) is 1.95. The predicted molar refractivity (Wildman–Crippen MR) is 105 cm³/mol. The first-order chi connectivity index (χ1) is 12.6. The molecule has 0 aliphatic heterocycles. The molecular formula is C23H22F2O. The molecular weight excluding hydrogens is 330 g/mol. The first-order valence-corrected chi connectivity index (χ1v) is 8.94. The van der Waals surface area contributed by atoms with E-state index in [2.05, 4.69) is 6.92 Å². The molecule has 3 rings (SSSR count). The summed E-state index contributed by atoms with van der Waals surface area (Å²) >= 11 is 0. The van der Waals surface area contributed by atoms with Crippen LogP contribution in [0.15, 0.2) is 60.7 Å². The van der Waals surface area contributed by atoms with Crippen molar-refractivity contribution in [1.29, 1.82) is 0 Å². The van der Waals surface area contributed by atoms with Gasteiger partial charge in [0.05, 0.1) is 6.61 Å². The predicted octanol–water partition coefficient (Wildman–Crippen LogP) is 6.96. The van der Waals surface area contributed by atoms with E-state index in [1.165, 1.54) is 0 Å². The third-order valence-corrected chi connectivity index (χ3v) is 4.31. The van der Waals surface area contributed by atoms with E-state index in [9.17, 15) is 8.78 Å². The SMILES string of the molecule is CCCc1ccc(C(F)=C(F)c2ccc3cc(OCC)ccc3c2)cc1. The van der Waals surface area contributed by atoms with E-state index < -0.39 is 11.7 Å². The topological polar surface area (TPSA) is 9.23 Å². The molecule has 3 heteroatoms. The molecule has 26 heavy (non-hydrogen) atoms. The Kier molecular flexibility index (Phi) is 5.67. The average Bonchev–Trinajstić information content (AvgIpc) is 2.67. The highest BCUT2D eigenvalue weighted by Crippen LogP contribution is 2.31. The van der Waals surface area contributed by atoms with Gasteiger partial charge in [0.2, 0.25) is 0 Å². The molecule has 0 spiro atoms. The molecule has 0 saturated carbocycles. The van der Waals surface area contributed by atoms with E-state index in [4.69, 9.17) is 4.74 Å². The zero-order valence-electron chi connectivity index (χ0n) is 15.1. The second-order valence-electron chi connectivity index (χ2n) is 6.23. The van der Waals surface area contributed by atoms with Crippen LogP contribution in [0.5, 0.6) is 5.75 Å². The molecule has 0 aromatic heterocycles. The van der Waals surface area contributed by atoms with Gasteiger partial charge in [-0.2, -0.15) is 0 Å². The third kappa shape index (κ3) is 3.93. The summed E-state index contributed by atoms with van der Waals surface area (Å²) in [5.41, 5.74) is 1.62. The Balaban J connectivity index is 1.93. The maximum absolute atomic E-state index is 14.7. The van der Waals surface area contributed by atoms with Crippen LogP contribution in [0.3, 0.4) is 0 Å². The summed E-state index contributed by atoms with van der Waals surface area (Å²) in [5.74, 6) is -0.913. The Morgan fingerprint density at radius 3 is 2.08 bits per heavy atom. The first-order valence-electron chi connectivity index (χ1n) is 8.94. The molecule has 0 radical (unpaired) electrons. The van der Waals surface area contributed by atoms with E-state index in [1.807, 2.05) is 37.3 Å². The van der Waals surface area contributed by atoms with Crippen molar-refractivity contribution in [3.63, 3.8) is 0 Å². The smallest absolute Gasteiger partial charge is 0.166 e. The lowest BCUT2D eigenvalue weighted by molar-refractivity contribution is 0.341. The molecule has 0 heterocycles. The van der Waals surface area contributed by atoms with Gasteiger partial charge in [0.15, 0.2) is 11.7 Å². The standard InChI is InChI=1S/C23H22F2O/c1-3-5-16-6-8-17(9-7-16)22(24)23(25)20-11-10-19-15-21(26-4-2)13-12-18(19)14-20/h6-15H,3-5H2,1-2H3. The lowest BCUT2D eigenvalue weighted by Gasteiger charge is -2.07. The summed E-state index contributed by atoms with van der Waals surface area (Å²) in [6.45, 7) is 4.60. The summed E-state index contributed by atoms with van der Waals surface area (Å²) in [4.78, 5) is 0. The fraction of sp³-hybridized carbons (Fsp3) is 0.217. The lowest BCUT2D eigenvalue weighted by Crippen LogP contribution is -1.91. The Morgan fingerprint density at radius 2 is 1.38 bits per heavy atom. The van der Waals surface area contributed by atoms with Gasteiger partial charge in [-0.1, -0.05) is 55.8 Å². The Hall–Kier alpha value is -2.68. The minimum atomic E-state index is -0.843. The van der Waals surface area contributed by atoms with Crippen LogP contribution in [0.1, 0.15) is 37.0 Å². The number of halogens is 2. The van der Waals surface area contributed by atoms with Crippen LogP contribution in [0.2, 0.25) is 0 Å². The molecule has 0 saturated heterocycles. The first kappa shape index (κ1) is 18.1. The van der Waals surface area contributed by atoms with Crippen molar-refractivity contribution in [3.8, 4) is 5.75 Å². The molecule has 0 atom stereocenters. The normalized spacial score (nSPS) is 12.2. The molecule has 0 amide bonds. The average molecular weight is 352 g/mol. The van der Waals surface area contributed by atoms with Crippen molar-refractivity contribution in [2.45, 2.75) is 26.7 Å². The number of hydrogen-bond donors (Lipinski definition) is 0. The van der Waals surface area contributed by atoms with Crippen molar-refractivity contribution >= 4 is 22.4 Å². The minimum absolute atomic E-state index is 0.233. The number of rotatable bonds is 6. The second kappa shape index (κ2) is 8.13. The van der Waals surface area contributed by atoms with Crippen LogP contribution in [-0.2, 0) is 6.42 Å². The van der Waals surface area contributed by atoms with Crippen LogP contribution in [-0.4, -0.2) is 6.61 Å². The summed E-state index contributed by atoms with van der Waals surface area (Å²) in [7, 11) is 0. The molecule has 0 aliphatic carbocycles. The zero-order chi connectivity index (χ0) is 18.5. The number of hydrogen-bond acceptors (Lipinski definition) is 1. The fourth-order valence-electron chi connectivity index (χ4n) is 2.98. The van der Waals surface area contributed by atoms with Gasteiger partial charge in [-0.05, 0) is 47.9 Å². The molecule has 0 bridgehead atoms. The molecule has 0 aliphatic rings. The van der Waals surface area contributed by atoms with Gasteiger partial charge in [0.1, 0.15) is 5.75 Å². The number of aryl methyl sites for hydroxylation is 1. The van der Waals surface area contributed by atoms with Gasteiger partial charge < -0.3 is 4.74 Å². The van der Waals surface area contributed by atoms with E-state index in [-0.39, 0.29) is 11.1 Å². The fourth-order valence-corrected chi connectivity index (χ4v) is 2.98. The highest BCUT2D eigenvalue weighted by atomic mass is 19.2. The molecule has 0 fully saturated rings. The van der Waals surface area contributed by atoms with Gasteiger partial charge in [0.25, 0.3) is 0 Å².